The largest absolute Gasteiger partial charge is 0.398 e. The number of nitrogens with two attached hydrogens (primary N) is 1. The number of carbonyl (C=O) groups excluding carboxylic acids is 1. The van der Waals surface area contributed by atoms with Gasteiger partial charge in [0.2, 0.25) is 0 Å². The van der Waals surface area contributed by atoms with Crippen LogP contribution in [0.15, 0.2) is 45.7 Å². The Morgan fingerprint density at radius 3 is 2.57 bits per heavy atom. The van der Waals surface area contributed by atoms with Crippen LogP contribution in [0.5, 0.6) is 0 Å². The second kappa shape index (κ2) is 4.89. The Balaban J connectivity index is 2.22. The highest BCUT2D eigenvalue weighted by atomic mass is 79.9. The minimum atomic E-state index is -0.470. The third kappa shape index (κ3) is 2.27. The number of nitrogen functional groups attached to an aromatic ring is 1. The fourth-order valence-corrected chi connectivity index (χ4v) is 2.47. The fraction of sp³-hybridized carbons (Fsp3) is 0.0667. The summed E-state index contributed by atoms with van der Waals surface area (Å²) in [4.78, 5) is 27.3. The lowest BCUT2D eigenvalue weighted by molar-refractivity contribution is 0.0961. The molecule has 0 spiro atoms. The fourth-order valence-electron chi connectivity index (χ4n) is 2.20. The van der Waals surface area contributed by atoms with Crippen molar-refractivity contribution < 1.29 is 4.79 Å². The SMILES string of the molecule is Cc1cc2[nH]c(=O)n(C(=O)c3ccc(Br)cc3)c2cc1N. The van der Waals surface area contributed by atoms with Crippen LogP contribution in [0.25, 0.3) is 11.0 Å². The first-order valence-electron chi connectivity index (χ1n) is 6.28. The van der Waals surface area contributed by atoms with Crippen molar-refractivity contribution in [3.05, 3.63) is 62.5 Å². The number of halogens is 1. The molecular weight excluding hydrogens is 334 g/mol. The average molecular weight is 346 g/mol. The van der Waals surface area contributed by atoms with Crippen LogP contribution < -0.4 is 11.4 Å². The van der Waals surface area contributed by atoms with Gasteiger partial charge in [0, 0.05) is 15.7 Å². The summed E-state index contributed by atoms with van der Waals surface area (Å²) in [7, 11) is 0. The number of aromatic amines is 1. The van der Waals surface area contributed by atoms with E-state index in [1.54, 1.807) is 36.4 Å². The van der Waals surface area contributed by atoms with Gasteiger partial charge < -0.3 is 10.7 Å². The molecule has 0 aliphatic carbocycles. The zero-order chi connectivity index (χ0) is 15.1. The summed E-state index contributed by atoms with van der Waals surface area (Å²) in [5.74, 6) is -0.387. The zero-order valence-electron chi connectivity index (χ0n) is 11.2. The highest BCUT2D eigenvalue weighted by Crippen LogP contribution is 2.20. The van der Waals surface area contributed by atoms with Crippen LogP contribution in [0.1, 0.15) is 15.9 Å². The van der Waals surface area contributed by atoms with Crippen molar-refractivity contribution in [3.63, 3.8) is 0 Å². The first kappa shape index (κ1) is 13.6. The summed E-state index contributed by atoms with van der Waals surface area (Å²) in [5, 5.41) is 0. The van der Waals surface area contributed by atoms with Gasteiger partial charge in [-0.15, -0.1) is 0 Å². The number of aryl methyl sites for hydroxylation is 1. The van der Waals surface area contributed by atoms with E-state index >= 15 is 0 Å². The maximum absolute atomic E-state index is 12.5. The Hall–Kier alpha value is -2.34. The van der Waals surface area contributed by atoms with Crippen LogP contribution in [0.3, 0.4) is 0 Å². The molecule has 0 amide bonds. The van der Waals surface area contributed by atoms with Crippen LogP contribution in [0, 0.1) is 6.92 Å². The van der Waals surface area contributed by atoms with E-state index in [2.05, 4.69) is 20.9 Å². The lowest BCUT2D eigenvalue weighted by atomic mass is 10.1. The molecule has 0 saturated carbocycles. The molecular formula is C15H12BrN3O2. The van der Waals surface area contributed by atoms with Crippen LogP contribution in [0.4, 0.5) is 5.69 Å². The number of rotatable bonds is 1. The van der Waals surface area contributed by atoms with E-state index in [-0.39, 0.29) is 5.91 Å². The number of aromatic nitrogens is 2. The number of imidazole rings is 1. The average Bonchev–Trinajstić information content (AvgIpc) is 2.75. The van der Waals surface area contributed by atoms with Gasteiger partial charge in [0.05, 0.1) is 11.0 Å². The van der Waals surface area contributed by atoms with Gasteiger partial charge in [-0.05, 0) is 48.9 Å². The van der Waals surface area contributed by atoms with E-state index in [4.69, 9.17) is 5.73 Å². The summed E-state index contributed by atoms with van der Waals surface area (Å²) < 4.78 is 1.97. The van der Waals surface area contributed by atoms with Crippen molar-refractivity contribution in [3.8, 4) is 0 Å². The van der Waals surface area contributed by atoms with Gasteiger partial charge in [0.15, 0.2) is 0 Å². The molecule has 21 heavy (non-hydrogen) atoms. The quantitative estimate of drug-likeness (QED) is 0.665. The summed E-state index contributed by atoms with van der Waals surface area (Å²) in [5.41, 5.74) is 8.31. The Labute approximate surface area is 128 Å². The molecule has 0 radical (unpaired) electrons. The number of hydrogen-bond donors (Lipinski definition) is 2. The van der Waals surface area contributed by atoms with Crippen molar-refractivity contribution in [2.75, 3.05) is 5.73 Å². The molecule has 2 aromatic carbocycles. The van der Waals surface area contributed by atoms with Crippen molar-refractivity contribution >= 4 is 38.6 Å². The van der Waals surface area contributed by atoms with Crippen molar-refractivity contribution in [2.24, 2.45) is 0 Å². The zero-order valence-corrected chi connectivity index (χ0v) is 12.8. The number of fused-ring (bicyclic) bond motifs is 1. The first-order valence-corrected chi connectivity index (χ1v) is 7.08. The number of carbonyl (C=O) groups is 1. The first-order chi connectivity index (χ1) is 9.97. The molecule has 3 N–H and O–H groups in total. The van der Waals surface area contributed by atoms with E-state index in [1.165, 1.54) is 0 Å². The molecule has 0 saturated heterocycles. The topological polar surface area (TPSA) is 80.9 Å². The van der Waals surface area contributed by atoms with Crippen LogP contribution in [-0.2, 0) is 0 Å². The molecule has 1 heterocycles. The van der Waals surface area contributed by atoms with E-state index in [0.717, 1.165) is 14.6 Å². The van der Waals surface area contributed by atoms with Gasteiger partial charge in [-0.3, -0.25) is 4.79 Å². The van der Waals surface area contributed by atoms with E-state index in [0.29, 0.717) is 22.3 Å². The molecule has 0 aliphatic heterocycles. The van der Waals surface area contributed by atoms with Crippen LogP contribution in [0.2, 0.25) is 0 Å². The number of benzene rings is 2. The molecule has 0 unspecified atom stereocenters. The van der Waals surface area contributed by atoms with Crippen molar-refractivity contribution in [1.29, 1.82) is 0 Å². The molecule has 3 rings (SSSR count). The van der Waals surface area contributed by atoms with Gasteiger partial charge in [-0.25, -0.2) is 9.36 Å². The standard InChI is InChI=1S/C15H12BrN3O2/c1-8-6-12-13(7-11(8)17)19(15(21)18-12)14(20)9-2-4-10(16)5-3-9/h2-7H,17H2,1H3,(H,18,21). The Morgan fingerprint density at radius 1 is 1.24 bits per heavy atom. The molecule has 5 nitrogen and oxygen atoms in total. The lowest BCUT2D eigenvalue weighted by Crippen LogP contribution is -2.24. The van der Waals surface area contributed by atoms with Gasteiger partial charge >= 0.3 is 5.69 Å². The number of nitrogens with one attached hydrogen (secondary N) is 1. The van der Waals surface area contributed by atoms with Crippen LogP contribution >= 0.6 is 15.9 Å². The van der Waals surface area contributed by atoms with Gasteiger partial charge in [-0.1, -0.05) is 15.9 Å². The summed E-state index contributed by atoms with van der Waals surface area (Å²) >= 11 is 3.31. The normalized spacial score (nSPS) is 11.0. The number of nitrogens with zero attached hydrogens (tertiary/aromatic N) is 1. The molecule has 6 heteroatoms. The maximum atomic E-state index is 12.5. The minimum absolute atomic E-state index is 0.387. The summed E-state index contributed by atoms with van der Waals surface area (Å²) in [6.45, 7) is 1.85. The van der Waals surface area contributed by atoms with Crippen LogP contribution in [-0.4, -0.2) is 15.5 Å². The molecule has 0 atom stereocenters. The van der Waals surface area contributed by atoms with Gasteiger partial charge in [-0.2, -0.15) is 0 Å². The van der Waals surface area contributed by atoms with Gasteiger partial charge in [0.25, 0.3) is 5.91 Å². The highest BCUT2D eigenvalue weighted by Gasteiger charge is 2.16. The van der Waals surface area contributed by atoms with E-state index in [9.17, 15) is 9.59 Å². The molecule has 106 valence electrons. The summed E-state index contributed by atoms with van der Waals surface area (Å²) in [6.07, 6.45) is 0. The smallest absolute Gasteiger partial charge is 0.333 e. The third-order valence-electron chi connectivity index (χ3n) is 3.36. The Kier molecular flexibility index (Phi) is 3.17. The number of hydrogen-bond acceptors (Lipinski definition) is 3. The number of H-pyrrole nitrogens is 1. The van der Waals surface area contributed by atoms with Crippen molar-refractivity contribution in [2.45, 2.75) is 6.92 Å². The van der Waals surface area contributed by atoms with Gasteiger partial charge in [0.1, 0.15) is 0 Å². The molecule has 0 aliphatic rings. The van der Waals surface area contributed by atoms with E-state index < -0.39 is 5.69 Å². The predicted octanol–water partition coefficient (Wildman–Crippen LogP) is 2.67. The van der Waals surface area contributed by atoms with E-state index in [1.807, 2.05) is 6.92 Å². The van der Waals surface area contributed by atoms with Crippen molar-refractivity contribution in [1.82, 2.24) is 9.55 Å². The molecule has 3 aromatic rings. The molecule has 1 aromatic heterocycles. The Bertz CT molecular complexity index is 907. The molecule has 0 fully saturated rings. The second-order valence-corrected chi connectivity index (χ2v) is 5.72. The summed E-state index contributed by atoms with van der Waals surface area (Å²) in [6, 6.07) is 10.2. The Morgan fingerprint density at radius 2 is 1.90 bits per heavy atom. The number of anilines is 1. The lowest BCUT2D eigenvalue weighted by Gasteiger charge is -2.04. The maximum Gasteiger partial charge on any atom is 0.333 e. The highest BCUT2D eigenvalue weighted by molar-refractivity contribution is 9.10. The minimum Gasteiger partial charge on any atom is -0.398 e. The second-order valence-electron chi connectivity index (χ2n) is 4.80. The monoisotopic (exact) mass is 345 g/mol. The molecule has 0 bridgehead atoms. The predicted molar refractivity (Wildman–Crippen MR) is 85.6 cm³/mol. The third-order valence-corrected chi connectivity index (χ3v) is 3.89.